The molecule has 2 rings (SSSR count). The van der Waals surface area contributed by atoms with Crippen LogP contribution in [0, 0.1) is 5.92 Å². The number of aliphatic hydroxyl groups is 1. The van der Waals surface area contributed by atoms with E-state index in [9.17, 15) is 5.11 Å². The molecule has 2 atom stereocenters. The van der Waals surface area contributed by atoms with Crippen LogP contribution in [-0.4, -0.2) is 32.5 Å². The summed E-state index contributed by atoms with van der Waals surface area (Å²) in [5.41, 5.74) is 1.88. The molecule has 0 spiro atoms. The SMILES string of the molecule is CC(C)CC(O)CNC(C)c1ccc(-n2cncn2)cc1Cl. The van der Waals surface area contributed by atoms with Gasteiger partial charge in [-0.15, -0.1) is 0 Å². The van der Waals surface area contributed by atoms with Gasteiger partial charge in [0.05, 0.1) is 11.8 Å². The lowest BCUT2D eigenvalue weighted by Gasteiger charge is -2.20. The normalized spacial score (nSPS) is 14.3. The lowest BCUT2D eigenvalue weighted by atomic mass is 10.0. The van der Waals surface area contributed by atoms with Gasteiger partial charge in [0.25, 0.3) is 0 Å². The average molecular weight is 323 g/mol. The minimum Gasteiger partial charge on any atom is -0.392 e. The van der Waals surface area contributed by atoms with Gasteiger partial charge < -0.3 is 10.4 Å². The summed E-state index contributed by atoms with van der Waals surface area (Å²) in [7, 11) is 0. The fourth-order valence-corrected chi connectivity index (χ4v) is 2.74. The molecule has 0 aliphatic heterocycles. The maximum atomic E-state index is 9.94. The highest BCUT2D eigenvalue weighted by molar-refractivity contribution is 6.31. The smallest absolute Gasteiger partial charge is 0.138 e. The number of nitrogens with one attached hydrogen (secondary N) is 1. The summed E-state index contributed by atoms with van der Waals surface area (Å²) in [6, 6.07) is 5.87. The van der Waals surface area contributed by atoms with Gasteiger partial charge in [-0.05, 0) is 37.0 Å². The largest absolute Gasteiger partial charge is 0.392 e. The highest BCUT2D eigenvalue weighted by Gasteiger charge is 2.13. The predicted molar refractivity (Wildman–Crippen MR) is 88.2 cm³/mol. The fourth-order valence-electron chi connectivity index (χ4n) is 2.40. The Morgan fingerprint density at radius 3 is 2.68 bits per heavy atom. The van der Waals surface area contributed by atoms with Crippen LogP contribution < -0.4 is 5.32 Å². The van der Waals surface area contributed by atoms with Gasteiger partial charge in [-0.3, -0.25) is 0 Å². The van der Waals surface area contributed by atoms with Gasteiger partial charge in [-0.1, -0.05) is 31.5 Å². The Balaban J connectivity index is 2.00. The summed E-state index contributed by atoms with van der Waals surface area (Å²) in [5.74, 6) is 0.484. The molecule has 2 aromatic rings. The van der Waals surface area contributed by atoms with Crippen LogP contribution in [-0.2, 0) is 0 Å². The van der Waals surface area contributed by atoms with E-state index >= 15 is 0 Å². The molecule has 0 bridgehead atoms. The number of aromatic nitrogens is 3. The summed E-state index contributed by atoms with van der Waals surface area (Å²) in [6.07, 6.45) is 3.58. The first-order valence-electron chi connectivity index (χ1n) is 7.53. The minimum atomic E-state index is -0.337. The van der Waals surface area contributed by atoms with Crippen molar-refractivity contribution < 1.29 is 5.11 Å². The zero-order valence-electron chi connectivity index (χ0n) is 13.2. The molecule has 2 unspecified atom stereocenters. The maximum absolute atomic E-state index is 9.94. The lowest BCUT2D eigenvalue weighted by Crippen LogP contribution is -2.30. The Labute approximate surface area is 136 Å². The van der Waals surface area contributed by atoms with Crippen molar-refractivity contribution in [3.63, 3.8) is 0 Å². The second kappa shape index (κ2) is 7.72. The van der Waals surface area contributed by atoms with Crippen LogP contribution in [0.5, 0.6) is 0 Å². The number of benzene rings is 1. The van der Waals surface area contributed by atoms with Gasteiger partial charge in [-0.2, -0.15) is 5.10 Å². The molecule has 6 heteroatoms. The zero-order chi connectivity index (χ0) is 16.1. The van der Waals surface area contributed by atoms with Crippen LogP contribution in [0.3, 0.4) is 0 Å². The fraction of sp³-hybridized carbons (Fsp3) is 0.500. The third-order valence-corrected chi connectivity index (χ3v) is 3.86. The molecule has 1 aromatic heterocycles. The summed E-state index contributed by atoms with van der Waals surface area (Å²) in [5, 5.41) is 18.0. The van der Waals surface area contributed by atoms with Crippen LogP contribution in [0.15, 0.2) is 30.9 Å². The number of aliphatic hydroxyl groups excluding tert-OH is 1. The summed E-state index contributed by atoms with van der Waals surface area (Å²) < 4.78 is 1.67. The van der Waals surface area contributed by atoms with Gasteiger partial charge in [0, 0.05) is 17.6 Å². The molecule has 120 valence electrons. The van der Waals surface area contributed by atoms with Gasteiger partial charge in [0.2, 0.25) is 0 Å². The average Bonchev–Trinajstić information content (AvgIpc) is 2.98. The molecule has 0 saturated heterocycles. The highest BCUT2D eigenvalue weighted by Crippen LogP contribution is 2.25. The molecule has 0 saturated carbocycles. The van der Waals surface area contributed by atoms with Crippen LogP contribution in [0.2, 0.25) is 5.02 Å². The second-order valence-electron chi connectivity index (χ2n) is 5.96. The quantitative estimate of drug-likeness (QED) is 0.822. The molecule has 2 N–H and O–H groups in total. The molecule has 1 heterocycles. The Bertz CT molecular complexity index is 586. The Morgan fingerprint density at radius 1 is 1.32 bits per heavy atom. The molecular weight excluding hydrogens is 300 g/mol. The number of rotatable bonds is 7. The van der Waals surface area contributed by atoms with Gasteiger partial charge in [-0.25, -0.2) is 9.67 Å². The number of nitrogens with zero attached hydrogens (tertiary/aromatic N) is 3. The highest BCUT2D eigenvalue weighted by atomic mass is 35.5. The Morgan fingerprint density at radius 2 is 2.09 bits per heavy atom. The zero-order valence-corrected chi connectivity index (χ0v) is 14.0. The first-order valence-corrected chi connectivity index (χ1v) is 7.91. The third kappa shape index (κ3) is 4.53. The topological polar surface area (TPSA) is 63.0 Å². The molecule has 0 aliphatic rings. The van der Waals surface area contributed by atoms with Crippen LogP contribution in [0.25, 0.3) is 5.69 Å². The number of hydrogen-bond acceptors (Lipinski definition) is 4. The van der Waals surface area contributed by atoms with Crippen molar-refractivity contribution in [1.82, 2.24) is 20.1 Å². The van der Waals surface area contributed by atoms with E-state index in [1.54, 1.807) is 11.0 Å². The molecule has 1 aromatic carbocycles. The van der Waals surface area contributed by atoms with Crippen LogP contribution in [0.4, 0.5) is 0 Å². The van der Waals surface area contributed by atoms with Gasteiger partial charge in [0.1, 0.15) is 12.7 Å². The molecular formula is C16H23ClN4O. The molecule has 5 nitrogen and oxygen atoms in total. The van der Waals surface area contributed by atoms with Crippen molar-refractivity contribution in [2.24, 2.45) is 5.92 Å². The van der Waals surface area contributed by atoms with Crippen molar-refractivity contribution in [2.75, 3.05) is 6.54 Å². The molecule has 0 amide bonds. The van der Waals surface area contributed by atoms with Crippen molar-refractivity contribution in [3.05, 3.63) is 41.4 Å². The van der Waals surface area contributed by atoms with E-state index in [4.69, 9.17) is 11.6 Å². The van der Waals surface area contributed by atoms with Gasteiger partial charge >= 0.3 is 0 Å². The van der Waals surface area contributed by atoms with E-state index in [-0.39, 0.29) is 12.1 Å². The van der Waals surface area contributed by atoms with Crippen molar-refractivity contribution in [2.45, 2.75) is 39.3 Å². The standard InChI is InChI=1S/C16H23ClN4O/c1-11(2)6-14(22)8-19-12(3)15-5-4-13(7-16(15)17)21-10-18-9-20-21/h4-5,7,9-12,14,19,22H,6,8H2,1-3H3. The predicted octanol–water partition coefficient (Wildman–Crippen LogP) is 2.98. The van der Waals surface area contributed by atoms with Crippen LogP contribution in [0.1, 0.15) is 38.8 Å². The van der Waals surface area contributed by atoms with E-state index in [1.165, 1.54) is 6.33 Å². The molecule has 0 aliphatic carbocycles. The van der Waals surface area contributed by atoms with E-state index in [0.29, 0.717) is 17.5 Å². The summed E-state index contributed by atoms with van der Waals surface area (Å²) in [4.78, 5) is 3.93. The minimum absolute atomic E-state index is 0.0686. The Kier molecular flexibility index (Phi) is 5.94. The monoisotopic (exact) mass is 322 g/mol. The molecule has 0 fully saturated rings. The summed E-state index contributed by atoms with van der Waals surface area (Å²) in [6.45, 7) is 6.80. The lowest BCUT2D eigenvalue weighted by molar-refractivity contribution is 0.143. The second-order valence-corrected chi connectivity index (χ2v) is 6.37. The van der Waals surface area contributed by atoms with Crippen molar-refractivity contribution >= 4 is 11.6 Å². The number of hydrogen-bond donors (Lipinski definition) is 2. The van der Waals surface area contributed by atoms with E-state index in [1.807, 2.05) is 25.1 Å². The van der Waals surface area contributed by atoms with Crippen molar-refractivity contribution in [1.29, 1.82) is 0 Å². The summed E-state index contributed by atoms with van der Waals surface area (Å²) >= 11 is 6.38. The molecule has 0 radical (unpaired) electrons. The maximum Gasteiger partial charge on any atom is 0.138 e. The van der Waals surface area contributed by atoms with Gasteiger partial charge in [0.15, 0.2) is 0 Å². The molecule has 22 heavy (non-hydrogen) atoms. The first kappa shape index (κ1) is 16.9. The van der Waals surface area contributed by atoms with E-state index in [0.717, 1.165) is 17.7 Å². The van der Waals surface area contributed by atoms with Crippen LogP contribution >= 0.6 is 11.6 Å². The third-order valence-electron chi connectivity index (χ3n) is 3.54. The van der Waals surface area contributed by atoms with E-state index < -0.39 is 0 Å². The number of halogens is 1. The van der Waals surface area contributed by atoms with E-state index in [2.05, 4.69) is 29.2 Å². The van der Waals surface area contributed by atoms with Crippen molar-refractivity contribution in [3.8, 4) is 5.69 Å². The Hall–Kier alpha value is -1.43. The first-order chi connectivity index (χ1) is 10.5.